The summed E-state index contributed by atoms with van der Waals surface area (Å²) < 4.78 is 5.42. The van der Waals surface area contributed by atoms with E-state index in [1.807, 2.05) is 0 Å². The predicted octanol–water partition coefficient (Wildman–Crippen LogP) is 1.40. The summed E-state index contributed by atoms with van der Waals surface area (Å²) in [4.78, 5) is 14.5. The van der Waals surface area contributed by atoms with Crippen molar-refractivity contribution in [1.29, 1.82) is 0 Å². The second-order valence-electron chi connectivity index (χ2n) is 6.36. The van der Waals surface area contributed by atoms with E-state index in [1.165, 1.54) is 32.1 Å². The molecule has 108 valence electrons. The molecule has 0 aromatic rings. The Labute approximate surface area is 115 Å². The summed E-state index contributed by atoms with van der Waals surface area (Å²) in [5, 5.41) is 3.37. The van der Waals surface area contributed by atoms with Crippen molar-refractivity contribution >= 4 is 5.91 Å². The Bertz CT molecular complexity index is 315. The first kappa shape index (κ1) is 13.4. The minimum absolute atomic E-state index is 0.227. The molecule has 2 aliphatic heterocycles. The van der Waals surface area contributed by atoms with E-state index in [4.69, 9.17) is 4.74 Å². The van der Waals surface area contributed by atoms with Crippen LogP contribution in [0.4, 0.5) is 0 Å². The van der Waals surface area contributed by atoms with Crippen LogP contribution in [0.15, 0.2) is 0 Å². The number of fused-ring (bicyclic) bond motifs is 1. The standard InChI is InChI=1S/C15H26N2O2/c18-15(9-14-11-19-8-6-16-14)17-7-5-12-3-1-2-4-13(12)10-17/h12-14,16H,1-11H2. The smallest absolute Gasteiger partial charge is 0.224 e. The Morgan fingerprint density at radius 3 is 2.84 bits per heavy atom. The number of nitrogens with zero attached hydrogens (tertiary/aromatic N) is 1. The Kier molecular flexibility index (Phi) is 4.38. The molecule has 4 heteroatoms. The summed E-state index contributed by atoms with van der Waals surface area (Å²) in [7, 11) is 0. The maximum atomic E-state index is 12.4. The maximum Gasteiger partial charge on any atom is 0.224 e. The van der Waals surface area contributed by atoms with Gasteiger partial charge >= 0.3 is 0 Å². The van der Waals surface area contributed by atoms with Crippen LogP contribution in [0.25, 0.3) is 0 Å². The zero-order chi connectivity index (χ0) is 13.1. The molecule has 4 nitrogen and oxygen atoms in total. The van der Waals surface area contributed by atoms with E-state index in [0.717, 1.165) is 38.1 Å². The van der Waals surface area contributed by atoms with E-state index < -0.39 is 0 Å². The van der Waals surface area contributed by atoms with E-state index in [2.05, 4.69) is 10.2 Å². The third-order valence-corrected chi connectivity index (χ3v) is 5.06. The van der Waals surface area contributed by atoms with Gasteiger partial charge in [-0.05, 0) is 24.7 Å². The van der Waals surface area contributed by atoms with Crippen molar-refractivity contribution in [2.75, 3.05) is 32.8 Å². The van der Waals surface area contributed by atoms with Crippen LogP contribution in [0.3, 0.4) is 0 Å². The highest BCUT2D eigenvalue weighted by Gasteiger charge is 2.33. The van der Waals surface area contributed by atoms with E-state index in [0.29, 0.717) is 18.9 Å². The van der Waals surface area contributed by atoms with Gasteiger partial charge in [0.25, 0.3) is 0 Å². The van der Waals surface area contributed by atoms with Gasteiger partial charge in [-0.2, -0.15) is 0 Å². The molecule has 1 aliphatic carbocycles. The van der Waals surface area contributed by atoms with Crippen LogP contribution in [0, 0.1) is 11.8 Å². The Morgan fingerprint density at radius 2 is 2.05 bits per heavy atom. The van der Waals surface area contributed by atoms with E-state index in [-0.39, 0.29) is 6.04 Å². The summed E-state index contributed by atoms with van der Waals surface area (Å²) in [6, 6.07) is 0.227. The molecule has 3 fully saturated rings. The van der Waals surface area contributed by atoms with Crippen molar-refractivity contribution in [3.05, 3.63) is 0 Å². The van der Waals surface area contributed by atoms with Gasteiger partial charge in [0.2, 0.25) is 5.91 Å². The first-order valence-corrected chi connectivity index (χ1v) is 7.92. The molecule has 3 aliphatic rings. The molecule has 0 aromatic heterocycles. The minimum Gasteiger partial charge on any atom is -0.378 e. The molecule has 1 saturated carbocycles. The van der Waals surface area contributed by atoms with E-state index >= 15 is 0 Å². The molecular formula is C15H26N2O2. The Balaban J connectivity index is 1.49. The molecule has 0 bridgehead atoms. The molecule has 1 N–H and O–H groups in total. The minimum atomic E-state index is 0.227. The molecule has 3 rings (SSSR count). The van der Waals surface area contributed by atoms with Crippen LogP contribution < -0.4 is 5.32 Å². The molecule has 2 saturated heterocycles. The van der Waals surface area contributed by atoms with Gasteiger partial charge in [0.05, 0.1) is 13.2 Å². The van der Waals surface area contributed by atoms with Crippen LogP contribution in [0.1, 0.15) is 38.5 Å². The van der Waals surface area contributed by atoms with Crippen molar-refractivity contribution in [2.24, 2.45) is 11.8 Å². The van der Waals surface area contributed by atoms with Crippen LogP contribution in [0.5, 0.6) is 0 Å². The van der Waals surface area contributed by atoms with Crippen molar-refractivity contribution < 1.29 is 9.53 Å². The molecule has 1 amide bonds. The molecular weight excluding hydrogens is 240 g/mol. The summed E-state index contributed by atoms with van der Waals surface area (Å²) in [6.45, 7) is 4.33. The second-order valence-corrected chi connectivity index (χ2v) is 6.36. The topological polar surface area (TPSA) is 41.6 Å². The number of amides is 1. The third kappa shape index (κ3) is 3.29. The van der Waals surface area contributed by atoms with Gasteiger partial charge in [-0.3, -0.25) is 4.79 Å². The van der Waals surface area contributed by atoms with Gasteiger partial charge in [-0.15, -0.1) is 0 Å². The summed E-state index contributed by atoms with van der Waals surface area (Å²) in [5.74, 6) is 2.00. The zero-order valence-corrected chi connectivity index (χ0v) is 11.8. The summed E-state index contributed by atoms with van der Waals surface area (Å²) in [6.07, 6.45) is 7.33. The van der Waals surface area contributed by atoms with Gasteiger partial charge in [0, 0.05) is 32.1 Å². The van der Waals surface area contributed by atoms with Gasteiger partial charge in [-0.25, -0.2) is 0 Å². The van der Waals surface area contributed by atoms with Crippen LogP contribution in [0.2, 0.25) is 0 Å². The maximum absolute atomic E-state index is 12.4. The second kappa shape index (κ2) is 6.23. The van der Waals surface area contributed by atoms with Crippen molar-refractivity contribution in [2.45, 2.75) is 44.6 Å². The quantitative estimate of drug-likeness (QED) is 0.821. The van der Waals surface area contributed by atoms with Gasteiger partial charge < -0.3 is 15.0 Å². The monoisotopic (exact) mass is 266 g/mol. The molecule has 3 unspecified atom stereocenters. The largest absolute Gasteiger partial charge is 0.378 e. The molecule has 2 heterocycles. The lowest BCUT2D eigenvalue weighted by atomic mass is 9.75. The predicted molar refractivity (Wildman–Crippen MR) is 73.9 cm³/mol. The number of carbonyl (C=O) groups is 1. The highest BCUT2D eigenvalue weighted by Crippen LogP contribution is 2.36. The molecule has 3 atom stereocenters. The number of hydrogen-bond acceptors (Lipinski definition) is 3. The lowest BCUT2D eigenvalue weighted by Gasteiger charge is -2.41. The highest BCUT2D eigenvalue weighted by molar-refractivity contribution is 5.77. The van der Waals surface area contributed by atoms with Gasteiger partial charge in [0.15, 0.2) is 0 Å². The molecule has 0 radical (unpaired) electrons. The first-order valence-electron chi connectivity index (χ1n) is 7.92. The summed E-state index contributed by atoms with van der Waals surface area (Å²) >= 11 is 0. The molecule has 19 heavy (non-hydrogen) atoms. The number of rotatable bonds is 2. The first-order chi connectivity index (χ1) is 9.33. The lowest BCUT2D eigenvalue weighted by molar-refractivity contribution is -0.135. The average Bonchev–Trinajstić information content (AvgIpc) is 2.48. The van der Waals surface area contributed by atoms with E-state index in [9.17, 15) is 4.79 Å². The lowest BCUT2D eigenvalue weighted by Crippen LogP contribution is -2.48. The zero-order valence-electron chi connectivity index (χ0n) is 11.8. The van der Waals surface area contributed by atoms with Crippen LogP contribution >= 0.6 is 0 Å². The van der Waals surface area contributed by atoms with Crippen LogP contribution in [-0.2, 0) is 9.53 Å². The molecule has 0 aromatic carbocycles. The van der Waals surface area contributed by atoms with Gasteiger partial charge in [0.1, 0.15) is 0 Å². The number of piperidine rings is 1. The van der Waals surface area contributed by atoms with Crippen molar-refractivity contribution in [3.63, 3.8) is 0 Å². The fourth-order valence-electron chi connectivity index (χ4n) is 3.92. The number of hydrogen-bond donors (Lipinski definition) is 1. The van der Waals surface area contributed by atoms with Crippen molar-refractivity contribution in [1.82, 2.24) is 10.2 Å². The third-order valence-electron chi connectivity index (χ3n) is 5.06. The number of nitrogens with one attached hydrogen (secondary N) is 1. The van der Waals surface area contributed by atoms with E-state index in [1.54, 1.807) is 0 Å². The fourth-order valence-corrected chi connectivity index (χ4v) is 3.92. The number of ether oxygens (including phenoxy) is 1. The number of likely N-dealkylation sites (tertiary alicyclic amines) is 1. The Morgan fingerprint density at radius 1 is 1.21 bits per heavy atom. The molecule has 0 spiro atoms. The van der Waals surface area contributed by atoms with Crippen LogP contribution in [-0.4, -0.2) is 49.7 Å². The normalized spacial score (nSPS) is 35.8. The fraction of sp³-hybridized carbons (Fsp3) is 0.933. The Hall–Kier alpha value is -0.610. The highest BCUT2D eigenvalue weighted by atomic mass is 16.5. The van der Waals surface area contributed by atoms with Gasteiger partial charge in [-0.1, -0.05) is 19.3 Å². The number of carbonyl (C=O) groups excluding carboxylic acids is 1. The SMILES string of the molecule is O=C(CC1COCCN1)N1CCC2CCCCC2C1. The summed E-state index contributed by atoms with van der Waals surface area (Å²) in [5.41, 5.74) is 0. The number of morpholine rings is 1. The average molecular weight is 266 g/mol. The van der Waals surface area contributed by atoms with Crippen molar-refractivity contribution in [3.8, 4) is 0 Å².